The zero-order valence-corrected chi connectivity index (χ0v) is 17.8. The molecule has 1 amide bonds. The number of likely N-dealkylation sites (N-methyl/N-ethyl adjacent to an activating group) is 1. The summed E-state index contributed by atoms with van der Waals surface area (Å²) in [6, 6.07) is 11.4. The Morgan fingerprint density at radius 1 is 1.03 bits per heavy atom. The van der Waals surface area contributed by atoms with Gasteiger partial charge in [0.25, 0.3) is 5.91 Å². The summed E-state index contributed by atoms with van der Waals surface area (Å²) in [6.45, 7) is 1.52. The number of anilines is 2. The predicted octanol–water partition coefficient (Wildman–Crippen LogP) is 3.30. The minimum Gasteiger partial charge on any atom is -0.454 e. The normalized spacial score (nSPS) is 12.6. The smallest absolute Gasteiger partial charge is 0.260 e. The Labute approximate surface area is 174 Å². The number of rotatable bonds is 6. The molecule has 0 spiro atoms. The van der Waals surface area contributed by atoms with E-state index in [2.05, 4.69) is 4.90 Å². The van der Waals surface area contributed by atoms with Crippen molar-refractivity contribution in [2.24, 2.45) is 0 Å². The molecule has 3 aromatic rings. The fourth-order valence-corrected chi connectivity index (χ4v) is 4.06. The Morgan fingerprint density at radius 3 is 2.38 bits per heavy atom. The van der Waals surface area contributed by atoms with Crippen molar-refractivity contribution < 1.29 is 14.3 Å². The third-order valence-corrected chi connectivity index (χ3v) is 5.79. The molecule has 1 aliphatic rings. The number of carbonyl (C=O) groups excluding carboxylic acids is 1. The van der Waals surface area contributed by atoms with Crippen LogP contribution in [0.1, 0.15) is 10.4 Å². The molecule has 2 heterocycles. The molecule has 0 bridgehead atoms. The fourth-order valence-electron chi connectivity index (χ4n) is 3.06. The minimum atomic E-state index is -0.0590. The number of benzene rings is 2. The molecule has 0 radical (unpaired) electrons. The van der Waals surface area contributed by atoms with Gasteiger partial charge in [-0.3, -0.25) is 9.69 Å². The summed E-state index contributed by atoms with van der Waals surface area (Å²) in [5.41, 5.74) is 2.50. The quantitative estimate of drug-likeness (QED) is 0.619. The number of fused-ring (bicyclic) bond motifs is 2. The Balaban J connectivity index is 1.67. The van der Waals surface area contributed by atoms with Crippen molar-refractivity contribution in [3.63, 3.8) is 0 Å². The Morgan fingerprint density at radius 2 is 1.72 bits per heavy atom. The number of amides is 1. The number of thiazole rings is 1. The topological polar surface area (TPSA) is 58.1 Å². The average molecular weight is 413 g/mol. The summed E-state index contributed by atoms with van der Waals surface area (Å²) in [7, 11) is 7.94. The van der Waals surface area contributed by atoms with E-state index in [1.165, 1.54) is 11.3 Å². The van der Waals surface area contributed by atoms with Crippen molar-refractivity contribution in [3.8, 4) is 11.5 Å². The monoisotopic (exact) mass is 412 g/mol. The molecule has 0 saturated carbocycles. The van der Waals surface area contributed by atoms with Crippen LogP contribution in [0.3, 0.4) is 0 Å². The summed E-state index contributed by atoms with van der Waals surface area (Å²) in [5, 5.41) is 0.673. The second-order valence-corrected chi connectivity index (χ2v) is 8.38. The summed E-state index contributed by atoms with van der Waals surface area (Å²) >= 11 is 1.49. The Hall–Kier alpha value is -2.84. The molecule has 0 aliphatic carbocycles. The third kappa shape index (κ3) is 3.99. The fraction of sp³-hybridized carbons (Fsp3) is 0.333. The SMILES string of the molecule is CN(C)CCN(C(=O)c1ccc(N(C)C)cc1)c1nc2cc3c(cc2s1)OCO3. The minimum absolute atomic E-state index is 0.0590. The number of hydrogen-bond donors (Lipinski definition) is 0. The molecular weight excluding hydrogens is 388 g/mol. The summed E-state index contributed by atoms with van der Waals surface area (Å²) in [5.74, 6) is 1.36. The van der Waals surface area contributed by atoms with E-state index in [-0.39, 0.29) is 12.7 Å². The molecule has 8 heteroatoms. The number of aromatic nitrogens is 1. The highest BCUT2D eigenvalue weighted by molar-refractivity contribution is 7.22. The van der Waals surface area contributed by atoms with Gasteiger partial charge in [0.2, 0.25) is 6.79 Å². The van der Waals surface area contributed by atoms with Crippen molar-refractivity contribution in [1.82, 2.24) is 9.88 Å². The van der Waals surface area contributed by atoms with Gasteiger partial charge in [0.05, 0.1) is 10.2 Å². The van der Waals surface area contributed by atoms with Crippen molar-refractivity contribution in [2.75, 3.05) is 57.9 Å². The van der Waals surface area contributed by atoms with Gasteiger partial charge in [-0.25, -0.2) is 4.98 Å². The van der Waals surface area contributed by atoms with Crippen LogP contribution in [0.5, 0.6) is 11.5 Å². The van der Waals surface area contributed by atoms with Crippen LogP contribution in [0.15, 0.2) is 36.4 Å². The lowest BCUT2D eigenvalue weighted by Crippen LogP contribution is -2.36. The molecule has 29 heavy (non-hydrogen) atoms. The van der Waals surface area contributed by atoms with Crippen LogP contribution in [0.2, 0.25) is 0 Å². The van der Waals surface area contributed by atoms with Crippen LogP contribution in [0.4, 0.5) is 10.8 Å². The lowest BCUT2D eigenvalue weighted by Gasteiger charge is -2.22. The van der Waals surface area contributed by atoms with Gasteiger partial charge in [-0.1, -0.05) is 11.3 Å². The van der Waals surface area contributed by atoms with E-state index >= 15 is 0 Å². The number of ether oxygens (including phenoxy) is 2. The number of carbonyl (C=O) groups is 1. The molecule has 1 aliphatic heterocycles. The molecular formula is C21H24N4O3S. The average Bonchev–Trinajstić information content (AvgIpc) is 3.31. The van der Waals surface area contributed by atoms with Crippen LogP contribution < -0.4 is 19.3 Å². The van der Waals surface area contributed by atoms with Gasteiger partial charge >= 0.3 is 0 Å². The Kier molecular flexibility index (Phi) is 5.29. The van der Waals surface area contributed by atoms with Gasteiger partial charge in [-0.2, -0.15) is 0 Å². The lowest BCUT2D eigenvalue weighted by atomic mass is 10.1. The molecule has 7 nitrogen and oxygen atoms in total. The van der Waals surface area contributed by atoms with E-state index in [0.29, 0.717) is 23.0 Å². The second-order valence-electron chi connectivity index (χ2n) is 7.37. The van der Waals surface area contributed by atoms with Gasteiger partial charge in [0.1, 0.15) is 0 Å². The maximum Gasteiger partial charge on any atom is 0.260 e. The Bertz CT molecular complexity index is 989. The van der Waals surface area contributed by atoms with Crippen LogP contribution >= 0.6 is 11.3 Å². The maximum absolute atomic E-state index is 13.3. The van der Waals surface area contributed by atoms with Crippen molar-refractivity contribution in [3.05, 3.63) is 42.0 Å². The summed E-state index contributed by atoms with van der Waals surface area (Å²) in [4.78, 5) is 23.9. The van der Waals surface area contributed by atoms with E-state index < -0.39 is 0 Å². The van der Waals surface area contributed by atoms with Crippen LogP contribution in [-0.2, 0) is 0 Å². The van der Waals surface area contributed by atoms with E-state index in [4.69, 9.17) is 14.5 Å². The van der Waals surface area contributed by atoms with E-state index in [1.54, 1.807) is 4.90 Å². The highest BCUT2D eigenvalue weighted by atomic mass is 32.1. The molecule has 2 aromatic carbocycles. The maximum atomic E-state index is 13.3. The van der Waals surface area contributed by atoms with Crippen LogP contribution in [0, 0.1) is 0 Å². The summed E-state index contributed by atoms with van der Waals surface area (Å²) in [6.07, 6.45) is 0. The molecule has 0 saturated heterocycles. The molecule has 0 atom stereocenters. The van der Waals surface area contributed by atoms with E-state index in [0.717, 1.165) is 28.2 Å². The number of hydrogen-bond acceptors (Lipinski definition) is 7. The van der Waals surface area contributed by atoms with Crippen molar-refractivity contribution in [2.45, 2.75) is 0 Å². The second kappa shape index (κ2) is 7.88. The van der Waals surface area contributed by atoms with Gasteiger partial charge in [-0.15, -0.1) is 0 Å². The van der Waals surface area contributed by atoms with Crippen LogP contribution in [-0.4, -0.2) is 63.9 Å². The molecule has 0 N–H and O–H groups in total. The molecule has 1 aromatic heterocycles. The first-order valence-corrected chi connectivity index (χ1v) is 10.2. The first-order valence-electron chi connectivity index (χ1n) is 9.36. The van der Waals surface area contributed by atoms with Gasteiger partial charge in [-0.05, 0) is 38.4 Å². The predicted molar refractivity (Wildman–Crippen MR) is 117 cm³/mol. The van der Waals surface area contributed by atoms with Gasteiger partial charge in [0, 0.05) is 50.6 Å². The first kappa shape index (κ1) is 19.5. The number of nitrogens with zero attached hydrogens (tertiary/aromatic N) is 4. The molecule has 0 fully saturated rings. The summed E-state index contributed by atoms with van der Waals surface area (Å²) < 4.78 is 11.9. The third-order valence-electron chi connectivity index (χ3n) is 4.75. The largest absolute Gasteiger partial charge is 0.454 e. The molecule has 0 unspecified atom stereocenters. The molecule has 152 valence electrons. The highest BCUT2D eigenvalue weighted by Crippen LogP contribution is 2.40. The van der Waals surface area contributed by atoms with E-state index in [1.807, 2.05) is 69.5 Å². The zero-order valence-electron chi connectivity index (χ0n) is 17.0. The van der Waals surface area contributed by atoms with Crippen molar-refractivity contribution in [1.29, 1.82) is 0 Å². The molecule has 4 rings (SSSR count). The van der Waals surface area contributed by atoms with Gasteiger partial charge in [0.15, 0.2) is 16.6 Å². The van der Waals surface area contributed by atoms with E-state index in [9.17, 15) is 4.79 Å². The standard InChI is InChI=1S/C21H24N4O3S/c1-23(2)9-10-25(20(26)14-5-7-15(8-6-14)24(3)4)21-22-16-11-17-18(28-13-27-17)12-19(16)29-21/h5-8,11-12H,9-10,13H2,1-4H3. The lowest BCUT2D eigenvalue weighted by molar-refractivity contribution is 0.0985. The zero-order chi connectivity index (χ0) is 20.5. The van der Waals surface area contributed by atoms with Crippen LogP contribution in [0.25, 0.3) is 10.2 Å². The van der Waals surface area contributed by atoms with Crippen molar-refractivity contribution >= 4 is 38.3 Å². The first-order chi connectivity index (χ1) is 13.9. The highest BCUT2D eigenvalue weighted by Gasteiger charge is 2.23. The van der Waals surface area contributed by atoms with Gasteiger partial charge < -0.3 is 19.3 Å².